The maximum absolute atomic E-state index is 14.1. The summed E-state index contributed by atoms with van der Waals surface area (Å²) in [6, 6.07) is 16.7. The number of rotatable bonds is 7. The number of benzene rings is 3. The van der Waals surface area contributed by atoms with Gasteiger partial charge in [-0.3, -0.25) is 10.3 Å². The van der Waals surface area contributed by atoms with Gasteiger partial charge in [-0.05, 0) is 53.9 Å². The number of amides is 2. The molecule has 3 aromatic carbocycles. The molecule has 232 valence electrons. The molecule has 2 aliphatic rings. The van der Waals surface area contributed by atoms with E-state index in [1.54, 1.807) is 6.07 Å². The zero-order valence-corrected chi connectivity index (χ0v) is 24.9. The fourth-order valence-electron chi connectivity index (χ4n) is 5.20. The summed E-state index contributed by atoms with van der Waals surface area (Å²) in [6.07, 6.45) is -0.524. The minimum Gasteiger partial charge on any atom is -0.406 e. The molecule has 3 heterocycles. The lowest BCUT2D eigenvalue weighted by atomic mass is 9.94. The second kappa shape index (κ2) is 12.4. The topological polar surface area (TPSA) is 96.7 Å². The number of ether oxygens (including phenoxy) is 1. The smallest absolute Gasteiger partial charge is 0.406 e. The highest BCUT2D eigenvalue weighted by Gasteiger charge is 2.34. The van der Waals surface area contributed by atoms with Gasteiger partial charge in [0.1, 0.15) is 17.9 Å². The summed E-state index contributed by atoms with van der Waals surface area (Å²) in [5.74, 6) is 0.526. The molecule has 2 amide bonds. The average Bonchev–Trinajstić information content (AvgIpc) is 3.65. The molecule has 45 heavy (non-hydrogen) atoms. The van der Waals surface area contributed by atoms with Crippen LogP contribution in [0, 0.1) is 5.82 Å². The average molecular weight is 638 g/mol. The Labute approximate surface area is 260 Å². The van der Waals surface area contributed by atoms with E-state index in [1.165, 1.54) is 59.2 Å². The van der Waals surface area contributed by atoms with Crippen LogP contribution in [0.5, 0.6) is 5.75 Å². The monoisotopic (exact) mass is 637 g/mol. The lowest BCUT2D eigenvalue weighted by Crippen LogP contribution is -2.39. The number of hydrazine groups is 1. The largest absolute Gasteiger partial charge is 0.573 e. The standard InChI is InChI=1S/C31H27F4N7O2S/c1-3-26(38-39-29(43)37-30-42-23(16-45-30)14-18(2)25-13-8-21(32)15-27(25)42)19-4-6-20(7-5-19)28-36-17-41(40-28)22-9-11-24(12-10-22)44-31(33,34)35/h4-15,17-18,26,38H,3,16H2,1-2H3,(H,39,43). The molecule has 1 saturated heterocycles. The van der Waals surface area contributed by atoms with Crippen molar-refractivity contribution < 1.29 is 27.1 Å². The number of amidine groups is 1. The molecule has 4 aromatic rings. The second-order valence-corrected chi connectivity index (χ2v) is 11.3. The Balaban J connectivity index is 1.09. The van der Waals surface area contributed by atoms with Crippen LogP contribution in [0.4, 0.5) is 28.0 Å². The fourth-order valence-corrected chi connectivity index (χ4v) is 6.19. The first-order valence-corrected chi connectivity index (χ1v) is 15.0. The Hall–Kier alpha value is -4.69. The number of carbonyl (C=O) groups excluding carboxylic acids is 1. The number of allylic oxidation sites excluding steroid dienone is 1. The fraction of sp³-hybridized carbons (Fsp3) is 0.226. The van der Waals surface area contributed by atoms with E-state index in [2.05, 4.69) is 43.7 Å². The Kier molecular flexibility index (Phi) is 8.34. The van der Waals surface area contributed by atoms with Crippen molar-refractivity contribution in [3.8, 4) is 22.8 Å². The molecule has 1 aromatic heterocycles. The van der Waals surface area contributed by atoms with Crippen LogP contribution in [-0.4, -0.2) is 38.1 Å². The van der Waals surface area contributed by atoms with Crippen molar-refractivity contribution in [2.24, 2.45) is 4.99 Å². The van der Waals surface area contributed by atoms with Crippen LogP contribution in [-0.2, 0) is 0 Å². The van der Waals surface area contributed by atoms with Gasteiger partial charge in [0, 0.05) is 22.9 Å². The molecule has 6 rings (SSSR count). The van der Waals surface area contributed by atoms with Gasteiger partial charge < -0.3 is 4.74 Å². The third kappa shape index (κ3) is 6.71. The van der Waals surface area contributed by atoms with E-state index in [0.29, 0.717) is 34.5 Å². The number of hydrogen-bond acceptors (Lipinski definition) is 6. The number of hydrogen-bond donors (Lipinski definition) is 2. The summed E-state index contributed by atoms with van der Waals surface area (Å²) in [5, 5.41) is 4.91. The van der Waals surface area contributed by atoms with E-state index in [4.69, 9.17) is 0 Å². The predicted octanol–water partition coefficient (Wildman–Crippen LogP) is 7.25. The molecule has 0 aliphatic carbocycles. The van der Waals surface area contributed by atoms with Gasteiger partial charge in [-0.1, -0.05) is 62.0 Å². The Morgan fingerprint density at radius 3 is 2.60 bits per heavy atom. The van der Waals surface area contributed by atoms with E-state index < -0.39 is 12.4 Å². The van der Waals surface area contributed by atoms with Crippen LogP contribution < -0.4 is 20.5 Å². The molecule has 2 aliphatic heterocycles. The lowest BCUT2D eigenvalue weighted by Gasteiger charge is -2.29. The first-order chi connectivity index (χ1) is 21.6. The van der Waals surface area contributed by atoms with Gasteiger partial charge in [-0.2, -0.15) is 4.99 Å². The van der Waals surface area contributed by atoms with Gasteiger partial charge in [0.05, 0.1) is 17.4 Å². The zero-order valence-electron chi connectivity index (χ0n) is 24.0. The van der Waals surface area contributed by atoms with Crippen molar-refractivity contribution in [1.29, 1.82) is 0 Å². The van der Waals surface area contributed by atoms with E-state index in [1.807, 2.05) is 36.1 Å². The molecule has 0 saturated carbocycles. The summed E-state index contributed by atoms with van der Waals surface area (Å²) >= 11 is 1.42. The van der Waals surface area contributed by atoms with Crippen LogP contribution in [0.2, 0.25) is 0 Å². The van der Waals surface area contributed by atoms with E-state index in [-0.39, 0.29) is 23.5 Å². The van der Waals surface area contributed by atoms with Crippen LogP contribution in [0.1, 0.15) is 43.4 Å². The first-order valence-electron chi connectivity index (χ1n) is 14.0. The zero-order chi connectivity index (χ0) is 31.7. The number of aromatic nitrogens is 3. The van der Waals surface area contributed by atoms with Crippen LogP contribution in [0.3, 0.4) is 0 Å². The van der Waals surface area contributed by atoms with Crippen molar-refractivity contribution in [2.75, 3.05) is 10.7 Å². The van der Waals surface area contributed by atoms with E-state index in [9.17, 15) is 22.4 Å². The third-order valence-electron chi connectivity index (χ3n) is 7.35. The Morgan fingerprint density at radius 1 is 1.13 bits per heavy atom. The molecule has 2 N–H and O–H groups in total. The van der Waals surface area contributed by atoms with Crippen molar-refractivity contribution in [3.05, 3.63) is 102 Å². The summed E-state index contributed by atoms with van der Waals surface area (Å²) in [5.41, 5.74) is 10.5. The Morgan fingerprint density at radius 2 is 1.89 bits per heavy atom. The molecule has 2 atom stereocenters. The third-order valence-corrected chi connectivity index (χ3v) is 8.32. The number of nitrogens with one attached hydrogen (secondary N) is 2. The molecule has 0 bridgehead atoms. The maximum Gasteiger partial charge on any atom is 0.573 e. The molecule has 2 unspecified atom stereocenters. The summed E-state index contributed by atoms with van der Waals surface area (Å²) in [7, 11) is 0. The molecule has 14 heteroatoms. The molecule has 9 nitrogen and oxygen atoms in total. The number of thioether (sulfide) groups is 1. The van der Waals surface area contributed by atoms with Gasteiger partial charge in [0.2, 0.25) is 0 Å². The number of urea groups is 1. The van der Waals surface area contributed by atoms with Crippen LogP contribution in [0.15, 0.2) is 89.8 Å². The number of nitrogens with zero attached hydrogens (tertiary/aromatic N) is 5. The highest BCUT2D eigenvalue weighted by molar-refractivity contribution is 8.14. The van der Waals surface area contributed by atoms with Gasteiger partial charge in [0.15, 0.2) is 11.0 Å². The predicted molar refractivity (Wildman–Crippen MR) is 163 cm³/mol. The lowest BCUT2D eigenvalue weighted by molar-refractivity contribution is -0.274. The molecule has 1 fully saturated rings. The molecule has 0 radical (unpaired) electrons. The van der Waals surface area contributed by atoms with Gasteiger partial charge in [-0.15, -0.1) is 18.3 Å². The molecular weight excluding hydrogens is 610 g/mol. The number of fused-ring (bicyclic) bond motifs is 3. The van der Waals surface area contributed by atoms with E-state index >= 15 is 0 Å². The molecular formula is C31H27F4N7O2S. The summed E-state index contributed by atoms with van der Waals surface area (Å²) < 4.78 is 56.8. The minimum absolute atomic E-state index is 0.132. The van der Waals surface area contributed by atoms with Crippen molar-refractivity contribution in [3.63, 3.8) is 0 Å². The highest BCUT2D eigenvalue weighted by atomic mass is 32.2. The van der Waals surface area contributed by atoms with Crippen molar-refractivity contribution in [1.82, 2.24) is 25.6 Å². The van der Waals surface area contributed by atoms with Crippen LogP contribution in [0.25, 0.3) is 17.1 Å². The number of anilines is 1. The second-order valence-electron chi connectivity index (χ2n) is 10.4. The quantitative estimate of drug-likeness (QED) is 0.163. The van der Waals surface area contributed by atoms with Gasteiger partial charge in [-0.25, -0.2) is 24.3 Å². The van der Waals surface area contributed by atoms with Gasteiger partial charge >= 0.3 is 12.4 Å². The van der Waals surface area contributed by atoms with Crippen molar-refractivity contribution >= 4 is 28.6 Å². The van der Waals surface area contributed by atoms with E-state index in [0.717, 1.165) is 22.4 Å². The Bertz CT molecular complexity index is 1770. The maximum atomic E-state index is 14.1. The number of aliphatic imine (C=N–C) groups is 1. The number of carbonyl (C=O) groups is 1. The highest BCUT2D eigenvalue weighted by Crippen LogP contribution is 2.43. The minimum atomic E-state index is -4.76. The SMILES string of the molecule is CCC(NNC(=O)N=C1SCC2=CC(C)c3ccc(F)cc3N21)c1ccc(-c2ncn(-c3ccc(OC(F)(F)F)cc3)n2)cc1. The summed E-state index contributed by atoms with van der Waals surface area (Å²) in [6.45, 7) is 4.03. The summed E-state index contributed by atoms with van der Waals surface area (Å²) in [4.78, 5) is 23.3. The normalized spacial score (nSPS) is 17.5. The van der Waals surface area contributed by atoms with Crippen molar-refractivity contribution in [2.45, 2.75) is 38.6 Å². The number of halogens is 4. The number of alkyl halides is 3. The molecule has 0 spiro atoms. The first kappa shape index (κ1) is 30.3. The van der Waals surface area contributed by atoms with Gasteiger partial charge in [0.25, 0.3) is 0 Å². The van der Waals surface area contributed by atoms with Crippen LogP contribution >= 0.6 is 11.8 Å².